The van der Waals surface area contributed by atoms with Crippen molar-refractivity contribution in [1.29, 1.82) is 0 Å². The Morgan fingerprint density at radius 1 is 0.471 bits per heavy atom. The van der Waals surface area contributed by atoms with Crippen molar-refractivity contribution in [2.24, 2.45) is 0 Å². The van der Waals surface area contributed by atoms with Crippen molar-refractivity contribution in [3.63, 3.8) is 0 Å². The highest BCUT2D eigenvalue weighted by Gasteiger charge is 2.27. The van der Waals surface area contributed by atoms with E-state index in [1.54, 1.807) is 36.4 Å². The van der Waals surface area contributed by atoms with Crippen molar-refractivity contribution < 1.29 is 39.6 Å². The summed E-state index contributed by atoms with van der Waals surface area (Å²) in [5.41, 5.74) is -1.12. The number of aromatic carboxylic acids is 4. The maximum atomic E-state index is 12.2. The molecule has 8 nitrogen and oxygen atoms in total. The van der Waals surface area contributed by atoms with Gasteiger partial charge in [0.25, 0.3) is 0 Å². The van der Waals surface area contributed by atoms with Gasteiger partial charge in [0, 0.05) is 0 Å². The molecule has 0 bridgehead atoms. The van der Waals surface area contributed by atoms with E-state index in [0.717, 1.165) is 0 Å². The lowest BCUT2D eigenvalue weighted by Crippen LogP contribution is -2.11. The molecule has 0 fully saturated rings. The fourth-order valence-electron chi connectivity index (χ4n) is 4.14. The Morgan fingerprint density at radius 2 is 1.00 bits per heavy atom. The van der Waals surface area contributed by atoms with Crippen LogP contribution in [0.25, 0.3) is 33.0 Å². The van der Waals surface area contributed by atoms with E-state index in [9.17, 15) is 39.6 Å². The number of rotatable bonds is 6. The van der Waals surface area contributed by atoms with E-state index in [0.29, 0.717) is 10.8 Å². The second-order valence-electron chi connectivity index (χ2n) is 7.39. The van der Waals surface area contributed by atoms with Crippen LogP contribution in [-0.2, 0) is 0 Å². The first-order valence-corrected chi connectivity index (χ1v) is 9.94. The Hall–Kier alpha value is -4.98. The molecule has 0 spiro atoms. The molecule has 4 rings (SSSR count). The second kappa shape index (κ2) is 8.51. The second-order valence-corrected chi connectivity index (χ2v) is 7.39. The molecule has 0 amide bonds. The number of fused-ring (bicyclic) bond motifs is 1. The van der Waals surface area contributed by atoms with Crippen LogP contribution in [-0.4, -0.2) is 44.3 Å². The highest BCUT2D eigenvalue weighted by molar-refractivity contribution is 6.15. The van der Waals surface area contributed by atoms with Gasteiger partial charge < -0.3 is 20.4 Å². The van der Waals surface area contributed by atoms with Crippen LogP contribution in [0.2, 0.25) is 0 Å². The SMILES string of the molecule is O=C(O)c1cccc(-c2ccc3ccccc3c2-c2cccc(C(=O)O)c2C(=O)O)c1C(=O)O. The number of hydrogen-bond donors (Lipinski definition) is 4. The Bertz CT molecular complexity index is 1520. The van der Waals surface area contributed by atoms with Gasteiger partial charge in [0.05, 0.1) is 22.3 Å². The van der Waals surface area contributed by atoms with Gasteiger partial charge in [0.15, 0.2) is 0 Å². The lowest BCUT2D eigenvalue weighted by atomic mass is 9.84. The van der Waals surface area contributed by atoms with Crippen LogP contribution >= 0.6 is 0 Å². The highest BCUT2D eigenvalue weighted by atomic mass is 16.4. The van der Waals surface area contributed by atoms with E-state index in [4.69, 9.17) is 0 Å². The van der Waals surface area contributed by atoms with Gasteiger partial charge in [-0.25, -0.2) is 19.2 Å². The Balaban J connectivity index is 2.22. The van der Waals surface area contributed by atoms with Crippen LogP contribution in [0.5, 0.6) is 0 Å². The standard InChI is InChI=1S/C26H16O8/c27-23(28)18-9-3-7-15(21(18)25(31)32)16-12-11-13-5-1-2-6-14(13)20(16)17-8-4-10-19(24(29)30)22(17)26(33)34/h1-12H,(H,27,28)(H,29,30)(H,31,32)(H,33,34). The average molecular weight is 456 g/mol. The van der Waals surface area contributed by atoms with E-state index in [-0.39, 0.29) is 22.3 Å². The van der Waals surface area contributed by atoms with Gasteiger partial charge in [-0.15, -0.1) is 0 Å². The first-order valence-electron chi connectivity index (χ1n) is 9.94. The molecule has 168 valence electrons. The monoisotopic (exact) mass is 456 g/mol. The van der Waals surface area contributed by atoms with E-state index in [1.165, 1.54) is 36.4 Å². The molecule has 0 aliphatic heterocycles. The van der Waals surface area contributed by atoms with Gasteiger partial charge in [-0.05, 0) is 45.2 Å². The predicted octanol–water partition coefficient (Wildman–Crippen LogP) is 4.97. The summed E-state index contributed by atoms with van der Waals surface area (Å²) >= 11 is 0. The maximum absolute atomic E-state index is 12.2. The number of carboxylic acid groups (broad SMARTS) is 4. The normalized spacial score (nSPS) is 10.7. The van der Waals surface area contributed by atoms with E-state index >= 15 is 0 Å². The number of carbonyl (C=O) groups is 4. The smallest absolute Gasteiger partial charge is 0.337 e. The molecule has 0 radical (unpaired) electrons. The van der Waals surface area contributed by atoms with Gasteiger partial charge in [-0.2, -0.15) is 0 Å². The van der Waals surface area contributed by atoms with Crippen LogP contribution in [0.4, 0.5) is 0 Å². The van der Waals surface area contributed by atoms with Crippen molar-refractivity contribution in [3.8, 4) is 22.3 Å². The van der Waals surface area contributed by atoms with Crippen molar-refractivity contribution in [2.45, 2.75) is 0 Å². The van der Waals surface area contributed by atoms with Crippen LogP contribution in [0, 0.1) is 0 Å². The van der Waals surface area contributed by atoms with Gasteiger partial charge in [-0.3, -0.25) is 0 Å². The molecule has 4 aromatic rings. The molecule has 0 aliphatic carbocycles. The van der Waals surface area contributed by atoms with Crippen LogP contribution in [0.15, 0.2) is 72.8 Å². The zero-order valence-electron chi connectivity index (χ0n) is 17.4. The fraction of sp³-hybridized carbons (Fsp3) is 0. The molecule has 34 heavy (non-hydrogen) atoms. The van der Waals surface area contributed by atoms with Crippen LogP contribution in [0.3, 0.4) is 0 Å². The zero-order chi connectivity index (χ0) is 24.6. The summed E-state index contributed by atoms with van der Waals surface area (Å²) in [4.78, 5) is 47.8. The minimum absolute atomic E-state index is 0.0604. The highest BCUT2D eigenvalue weighted by Crippen LogP contribution is 2.42. The molecular weight excluding hydrogens is 440 g/mol. The summed E-state index contributed by atoms with van der Waals surface area (Å²) in [5.74, 6) is -5.80. The van der Waals surface area contributed by atoms with Crippen molar-refractivity contribution >= 4 is 34.6 Å². The molecule has 0 saturated heterocycles. The Kier molecular flexibility index (Phi) is 5.56. The minimum Gasteiger partial charge on any atom is -0.478 e. The van der Waals surface area contributed by atoms with Gasteiger partial charge >= 0.3 is 23.9 Å². The minimum atomic E-state index is -1.47. The number of carboxylic acids is 4. The molecule has 0 aromatic heterocycles. The summed E-state index contributed by atoms with van der Waals surface area (Å²) in [6, 6.07) is 18.3. The predicted molar refractivity (Wildman–Crippen MR) is 123 cm³/mol. The van der Waals surface area contributed by atoms with Gasteiger partial charge in [0.1, 0.15) is 0 Å². The Labute approximate surface area is 192 Å². The molecule has 0 atom stereocenters. The lowest BCUT2D eigenvalue weighted by Gasteiger charge is -2.18. The fourth-order valence-corrected chi connectivity index (χ4v) is 4.14. The summed E-state index contributed by atoms with van der Waals surface area (Å²) in [6.45, 7) is 0. The maximum Gasteiger partial charge on any atom is 0.337 e. The van der Waals surface area contributed by atoms with E-state index in [1.807, 2.05) is 0 Å². The molecule has 4 N–H and O–H groups in total. The third-order valence-electron chi connectivity index (χ3n) is 5.51. The van der Waals surface area contributed by atoms with Crippen LogP contribution < -0.4 is 0 Å². The number of hydrogen-bond acceptors (Lipinski definition) is 4. The summed E-state index contributed by atoms with van der Waals surface area (Å²) in [6.07, 6.45) is 0. The van der Waals surface area contributed by atoms with Gasteiger partial charge in [-0.1, -0.05) is 60.7 Å². The molecule has 0 saturated carbocycles. The summed E-state index contributed by atoms with van der Waals surface area (Å²) in [5, 5.41) is 40.2. The number of benzene rings is 4. The Morgan fingerprint density at radius 3 is 1.56 bits per heavy atom. The summed E-state index contributed by atoms with van der Waals surface area (Å²) in [7, 11) is 0. The van der Waals surface area contributed by atoms with Crippen molar-refractivity contribution in [3.05, 3.63) is 95.1 Å². The van der Waals surface area contributed by atoms with E-state index in [2.05, 4.69) is 0 Å². The molecule has 8 heteroatoms. The van der Waals surface area contributed by atoms with Crippen molar-refractivity contribution in [1.82, 2.24) is 0 Å². The topological polar surface area (TPSA) is 149 Å². The molecule has 4 aromatic carbocycles. The average Bonchev–Trinajstić information content (AvgIpc) is 2.82. The first-order chi connectivity index (χ1) is 16.2. The third-order valence-corrected chi connectivity index (χ3v) is 5.51. The largest absolute Gasteiger partial charge is 0.478 e. The lowest BCUT2D eigenvalue weighted by molar-refractivity contribution is 0.0652. The third kappa shape index (κ3) is 3.63. The molecular formula is C26H16O8. The molecule has 0 aliphatic rings. The first kappa shape index (κ1) is 22.2. The van der Waals surface area contributed by atoms with Crippen molar-refractivity contribution in [2.75, 3.05) is 0 Å². The molecule has 0 unspecified atom stereocenters. The molecule has 0 heterocycles. The summed E-state index contributed by atoms with van der Waals surface area (Å²) < 4.78 is 0. The van der Waals surface area contributed by atoms with E-state index < -0.39 is 46.1 Å². The quantitative estimate of drug-likeness (QED) is 0.318. The zero-order valence-corrected chi connectivity index (χ0v) is 17.4. The van der Waals surface area contributed by atoms with Gasteiger partial charge in [0.2, 0.25) is 0 Å². The van der Waals surface area contributed by atoms with Crippen LogP contribution in [0.1, 0.15) is 41.4 Å².